The number of rotatable bonds is 13. The van der Waals surface area contributed by atoms with Gasteiger partial charge in [0.15, 0.2) is 5.60 Å². The Morgan fingerprint density at radius 3 is 2.21 bits per heavy atom. The third-order valence-corrected chi connectivity index (χ3v) is 7.21. The van der Waals surface area contributed by atoms with Crippen LogP contribution >= 0.6 is 0 Å². The topological polar surface area (TPSA) is 72.5 Å². The summed E-state index contributed by atoms with van der Waals surface area (Å²) in [5.74, 6) is 0.836. The van der Waals surface area contributed by atoms with Crippen LogP contribution in [0.5, 0.6) is 11.5 Å². The average Bonchev–Trinajstić information content (AvgIpc) is 3.05. The monoisotopic (exact) mass is 568 g/mol. The Kier molecular flexibility index (Phi) is 9.54. The Morgan fingerprint density at radius 1 is 0.857 bits per heavy atom. The van der Waals surface area contributed by atoms with E-state index in [-0.39, 0.29) is 6.10 Å². The van der Waals surface area contributed by atoms with Crippen molar-refractivity contribution in [3.63, 3.8) is 0 Å². The molecule has 7 heteroatoms. The van der Waals surface area contributed by atoms with Crippen molar-refractivity contribution in [2.75, 3.05) is 47.3 Å². The summed E-state index contributed by atoms with van der Waals surface area (Å²) in [4.78, 5) is 12.9. The minimum Gasteiger partial charge on any atom is -0.491 e. The molecule has 7 nitrogen and oxygen atoms in total. The number of carbonyl (C=O) groups excluding carboxylic acids is 1. The molecule has 1 heterocycles. The van der Waals surface area contributed by atoms with Crippen molar-refractivity contribution in [3.8, 4) is 11.5 Å². The molecule has 4 aromatic carbocycles. The molecule has 0 bridgehead atoms. The van der Waals surface area contributed by atoms with E-state index in [4.69, 9.17) is 28.4 Å². The number of hydrogen-bond donors (Lipinski definition) is 0. The molecule has 1 atom stereocenters. The highest BCUT2D eigenvalue weighted by Crippen LogP contribution is 2.47. The van der Waals surface area contributed by atoms with Gasteiger partial charge in [0.2, 0.25) is 0 Å². The van der Waals surface area contributed by atoms with Crippen molar-refractivity contribution < 1.29 is 33.2 Å². The van der Waals surface area contributed by atoms with Crippen LogP contribution in [-0.4, -0.2) is 59.3 Å². The van der Waals surface area contributed by atoms with Gasteiger partial charge in [0.05, 0.1) is 45.2 Å². The van der Waals surface area contributed by atoms with Crippen molar-refractivity contribution in [1.29, 1.82) is 0 Å². The van der Waals surface area contributed by atoms with Gasteiger partial charge in [0.1, 0.15) is 18.1 Å². The van der Waals surface area contributed by atoms with E-state index in [9.17, 15) is 4.79 Å². The zero-order valence-corrected chi connectivity index (χ0v) is 24.2. The molecule has 0 spiro atoms. The Morgan fingerprint density at radius 2 is 1.55 bits per heavy atom. The van der Waals surface area contributed by atoms with Crippen LogP contribution in [0.25, 0.3) is 16.8 Å². The number of esters is 1. The largest absolute Gasteiger partial charge is 0.491 e. The van der Waals surface area contributed by atoms with E-state index in [0.29, 0.717) is 55.7 Å². The van der Waals surface area contributed by atoms with Gasteiger partial charge < -0.3 is 28.4 Å². The maximum absolute atomic E-state index is 12.9. The molecule has 0 saturated carbocycles. The Labute approximate surface area is 246 Å². The van der Waals surface area contributed by atoms with Gasteiger partial charge in [-0.1, -0.05) is 66.7 Å². The lowest BCUT2D eigenvalue weighted by Crippen LogP contribution is -2.34. The molecule has 4 aromatic rings. The van der Waals surface area contributed by atoms with Crippen molar-refractivity contribution in [1.82, 2.24) is 0 Å². The van der Waals surface area contributed by atoms with E-state index < -0.39 is 11.6 Å². The number of hydrogen-bond acceptors (Lipinski definition) is 7. The highest BCUT2D eigenvalue weighted by atomic mass is 16.6. The van der Waals surface area contributed by atoms with Crippen LogP contribution in [0, 0.1) is 0 Å². The quantitative estimate of drug-likeness (QED) is 0.136. The normalized spacial score (nSPS) is 14.2. The van der Waals surface area contributed by atoms with E-state index in [2.05, 4.69) is 0 Å². The van der Waals surface area contributed by atoms with Crippen molar-refractivity contribution >= 4 is 22.8 Å². The van der Waals surface area contributed by atoms with Crippen molar-refractivity contribution in [2.45, 2.75) is 18.6 Å². The fraction of sp³-hybridized carbons (Fsp3) is 0.286. The zero-order chi connectivity index (χ0) is 29.4. The van der Waals surface area contributed by atoms with Crippen LogP contribution in [0.4, 0.5) is 0 Å². The van der Waals surface area contributed by atoms with Gasteiger partial charge in [0.25, 0.3) is 0 Å². The molecule has 0 aromatic heterocycles. The number of fused-ring (bicyclic) bond motifs is 3. The van der Waals surface area contributed by atoms with E-state index in [1.165, 1.54) is 7.11 Å². The molecule has 1 aliphatic heterocycles. The molecule has 0 saturated heterocycles. The molecular weight excluding hydrogens is 532 g/mol. The van der Waals surface area contributed by atoms with Crippen molar-refractivity contribution in [3.05, 3.63) is 113 Å². The summed E-state index contributed by atoms with van der Waals surface area (Å²) in [6.45, 7) is 4.39. The maximum atomic E-state index is 12.9. The van der Waals surface area contributed by atoms with Crippen LogP contribution in [0.1, 0.15) is 34.0 Å². The first-order valence-corrected chi connectivity index (χ1v) is 14.0. The van der Waals surface area contributed by atoms with Crippen LogP contribution < -0.4 is 9.47 Å². The van der Waals surface area contributed by atoms with Gasteiger partial charge in [-0.2, -0.15) is 0 Å². The summed E-state index contributed by atoms with van der Waals surface area (Å²) in [5, 5.41) is 1.67. The third-order valence-electron chi connectivity index (χ3n) is 7.21. The molecule has 1 aliphatic rings. The lowest BCUT2D eigenvalue weighted by atomic mass is 9.82. The summed E-state index contributed by atoms with van der Waals surface area (Å²) in [6.07, 6.45) is 3.84. The maximum Gasteiger partial charge on any atom is 0.338 e. The molecule has 0 radical (unpaired) electrons. The predicted octanol–water partition coefficient (Wildman–Crippen LogP) is 6.42. The second-order valence-corrected chi connectivity index (χ2v) is 10.0. The summed E-state index contributed by atoms with van der Waals surface area (Å²) < 4.78 is 34.6. The standard InChI is InChI=1S/C35H36O7/c1-25(40-21-20-39-19-18-37-2)24-41-29-15-14-26-22-32(34(36)38-3)30-16-17-35(27-10-6-4-7-11-27,28-12-8-5-9-13-28)42-33(30)31(26)23-29/h4-17,22-23,25H,18-21,24H2,1-3H3. The van der Waals surface area contributed by atoms with Gasteiger partial charge in [-0.15, -0.1) is 0 Å². The highest BCUT2D eigenvalue weighted by Gasteiger charge is 2.38. The summed E-state index contributed by atoms with van der Waals surface area (Å²) in [5.41, 5.74) is 2.15. The Balaban J connectivity index is 1.48. The van der Waals surface area contributed by atoms with Gasteiger partial charge in [0, 0.05) is 29.2 Å². The molecule has 0 fully saturated rings. The highest BCUT2D eigenvalue weighted by molar-refractivity contribution is 6.04. The molecule has 218 valence electrons. The first kappa shape index (κ1) is 29.3. The molecule has 1 unspecified atom stereocenters. The number of carbonyl (C=O) groups is 1. The fourth-order valence-corrected chi connectivity index (χ4v) is 5.06. The molecule has 0 amide bonds. The SMILES string of the molecule is COCCOCCOC(C)COc1ccc2cc(C(=O)OC)c3c(c2c1)OC(c1ccccc1)(c1ccccc1)C=C3. The zero-order valence-electron chi connectivity index (χ0n) is 24.2. The van der Waals surface area contributed by atoms with E-state index >= 15 is 0 Å². The third kappa shape index (κ3) is 6.34. The minimum atomic E-state index is -0.901. The Hall–Kier alpha value is -4.17. The van der Waals surface area contributed by atoms with Gasteiger partial charge in [-0.05, 0) is 42.7 Å². The second-order valence-electron chi connectivity index (χ2n) is 10.0. The summed E-state index contributed by atoms with van der Waals surface area (Å²) >= 11 is 0. The van der Waals surface area contributed by atoms with Gasteiger partial charge >= 0.3 is 5.97 Å². The first-order chi connectivity index (χ1) is 20.6. The Bertz CT molecular complexity index is 1480. The molecule has 42 heavy (non-hydrogen) atoms. The van der Waals surface area contributed by atoms with Crippen LogP contribution in [0.15, 0.2) is 91.0 Å². The molecule has 0 aliphatic carbocycles. The number of methoxy groups -OCH3 is 2. The van der Waals surface area contributed by atoms with E-state index in [1.807, 2.05) is 104 Å². The lowest BCUT2D eigenvalue weighted by molar-refractivity contribution is -0.0144. The lowest BCUT2D eigenvalue weighted by Gasteiger charge is -2.37. The number of ether oxygens (including phenoxy) is 6. The molecule has 5 rings (SSSR count). The summed E-state index contributed by atoms with van der Waals surface area (Å²) in [6, 6.07) is 27.8. The first-order valence-electron chi connectivity index (χ1n) is 14.0. The van der Waals surface area contributed by atoms with E-state index in [0.717, 1.165) is 21.9 Å². The smallest absolute Gasteiger partial charge is 0.338 e. The minimum absolute atomic E-state index is 0.134. The number of benzene rings is 4. The summed E-state index contributed by atoms with van der Waals surface area (Å²) in [7, 11) is 3.03. The van der Waals surface area contributed by atoms with Crippen LogP contribution in [0.3, 0.4) is 0 Å². The van der Waals surface area contributed by atoms with Gasteiger partial charge in [-0.3, -0.25) is 0 Å². The molecular formula is C35H36O7. The predicted molar refractivity (Wildman–Crippen MR) is 162 cm³/mol. The van der Waals surface area contributed by atoms with Crippen LogP contribution in [-0.2, 0) is 24.5 Å². The second kappa shape index (κ2) is 13.7. The van der Waals surface area contributed by atoms with Crippen LogP contribution in [0.2, 0.25) is 0 Å². The molecule has 0 N–H and O–H groups in total. The van der Waals surface area contributed by atoms with E-state index in [1.54, 1.807) is 7.11 Å². The van der Waals surface area contributed by atoms with Gasteiger partial charge in [-0.25, -0.2) is 4.79 Å². The van der Waals surface area contributed by atoms with Crippen molar-refractivity contribution in [2.24, 2.45) is 0 Å². The average molecular weight is 569 g/mol. The fourth-order valence-electron chi connectivity index (χ4n) is 5.06.